The van der Waals surface area contributed by atoms with Gasteiger partial charge in [-0.25, -0.2) is 12.8 Å². The summed E-state index contributed by atoms with van der Waals surface area (Å²) in [6.07, 6.45) is 0.831. The summed E-state index contributed by atoms with van der Waals surface area (Å²) in [5.74, 6) is -1.90. The van der Waals surface area contributed by atoms with Crippen molar-refractivity contribution in [2.75, 3.05) is 13.1 Å². The van der Waals surface area contributed by atoms with E-state index in [1.807, 2.05) is 0 Å². The average Bonchev–Trinajstić information content (AvgIpc) is 2.38. The third kappa shape index (κ3) is 3.12. The van der Waals surface area contributed by atoms with Crippen molar-refractivity contribution >= 4 is 31.9 Å². The zero-order chi connectivity index (χ0) is 15.8. The Hall–Kier alpha value is -0.990. The van der Waals surface area contributed by atoms with Crippen LogP contribution in [0, 0.1) is 11.2 Å². The van der Waals surface area contributed by atoms with E-state index in [0.29, 0.717) is 17.3 Å². The largest absolute Gasteiger partial charge is 0.481 e. The van der Waals surface area contributed by atoms with Crippen LogP contribution in [0.1, 0.15) is 19.8 Å². The van der Waals surface area contributed by atoms with Crippen molar-refractivity contribution in [1.29, 1.82) is 0 Å². The van der Waals surface area contributed by atoms with E-state index in [1.165, 1.54) is 19.1 Å². The molecule has 1 aliphatic heterocycles. The van der Waals surface area contributed by atoms with E-state index in [-0.39, 0.29) is 13.1 Å². The zero-order valence-electron chi connectivity index (χ0n) is 11.3. The number of aliphatic carboxylic acids is 1. The fourth-order valence-electron chi connectivity index (χ4n) is 2.40. The maximum absolute atomic E-state index is 13.9. The first kappa shape index (κ1) is 16.4. The monoisotopic (exact) mass is 379 g/mol. The van der Waals surface area contributed by atoms with Crippen LogP contribution >= 0.6 is 15.9 Å². The van der Waals surface area contributed by atoms with Crippen molar-refractivity contribution in [2.45, 2.75) is 24.7 Å². The first-order valence-electron chi connectivity index (χ1n) is 6.35. The van der Waals surface area contributed by atoms with Crippen LogP contribution < -0.4 is 0 Å². The van der Waals surface area contributed by atoms with E-state index in [1.54, 1.807) is 0 Å². The van der Waals surface area contributed by atoms with Crippen LogP contribution in [0.3, 0.4) is 0 Å². The molecule has 0 aromatic heterocycles. The lowest BCUT2D eigenvalue weighted by Gasteiger charge is -2.36. The number of carboxylic acid groups (broad SMARTS) is 1. The summed E-state index contributed by atoms with van der Waals surface area (Å²) >= 11 is 3.07. The highest BCUT2D eigenvalue weighted by molar-refractivity contribution is 9.10. The van der Waals surface area contributed by atoms with Gasteiger partial charge in [-0.05, 0) is 38.0 Å². The Kier molecular flexibility index (Phi) is 4.41. The highest BCUT2D eigenvalue weighted by Gasteiger charge is 2.42. The molecule has 1 fully saturated rings. The van der Waals surface area contributed by atoms with Crippen LogP contribution in [0.4, 0.5) is 4.39 Å². The lowest BCUT2D eigenvalue weighted by molar-refractivity contribution is -0.150. The van der Waals surface area contributed by atoms with E-state index in [4.69, 9.17) is 0 Å². The van der Waals surface area contributed by atoms with Crippen LogP contribution in [0.2, 0.25) is 0 Å². The van der Waals surface area contributed by atoms with Crippen molar-refractivity contribution in [1.82, 2.24) is 4.31 Å². The van der Waals surface area contributed by atoms with Crippen molar-refractivity contribution in [3.63, 3.8) is 0 Å². The third-order valence-electron chi connectivity index (χ3n) is 3.69. The Bertz CT molecular complexity index is 679. The minimum Gasteiger partial charge on any atom is -0.481 e. The smallest absolute Gasteiger partial charge is 0.310 e. The number of nitrogens with zero attached hydrogens (tertiary/aromatic N) is 1. The summed E-state index contributed by atoms with van der Waals surface area (Å²) in [4.78, 5) is 10.9. The van der Waals surface area contributed by atoms with Crippen molar-refractivity contribution in [3.8, 4) is 0 Å². The summed E-state index contributed by atoms with van der Waals surface area (Å²) in [6.45, 7) is 1.55. The summed E-state index contributed by atoms with van der Waals surface area (Å²) in [7, 11) is -4.04. The Morgan fingerprint density at radius 3 is 2.71 bits per heavy atom. The van der Waals surface area contributed by atoms with E-state index in [2.05, 4.69) is 15.9 Å². The molecule has 2 rings (SSSR count). The molecule has 1 atom stereocenters. The molecule has 0 amide bonds. The van der Waals surface area contributed by atoms with Gasteiger partial charge in [-0.2, -0.15) is 4.31 Å². The van der Waals surface area contributed by atoms with Gasteiger partial charge in [0.1, 0.15) is 10.7 Å². The van der Waals surface area contributed by atoms with Gasteiger partial charge in [-0.3, -0.25) is 4.79 Å². The molecule has 1 aliphatic rings. The average molecular weight is 380 g/mol. The van der Waals surface area contributed by atoms with Crippen LogP contribution in [0.15, 0.2) is 27.6 Å². The molecule has 1 aromatic carbocycles. The number of carbonyl (C=O) groups is 1. The highest BCUT2D eigenvalue weighted by atomic mass is 79.9. The summed E-state index contributed by atoms with van der Waals surface area (Å²) < 4.78 is 40.4. The molecule has 0 saturated carbocycles. The number of hydrogen-bond acceptors (Lipinski definition) is 3. The zero-order valence-corrected chi connectivity index (χ0v) is 13.7. The minimum atomic E-state index is -4.04. The van der Waals surface area contributed by atoms with Crippen molar-refractivity contribution in [2.24, 2.45) is 5.41 Å². The first-order valence-corrected chi connectivity index (χ1v) is 8.59. The van der Waals surface area contributed by atoms with Crippen LogP contribution in [-0.4, -0.2) is 36.9 Å². The first-order chi connectivity index (χ1) is 9.67. The van der Waals surface area contributed by atoms with Gasteiger partial charge in [-0.15, -0.1) is 0 Å². The SMILES string of the molecule is CC1(C(=O)O)CCCN(S(=O)(=O)c2ccc(Br)cc2F)C1. The topological polar surface area (TPSA) is 74.7 Å². The summed E-state index contributed by atoms with van der Waals surface area (Å²) in [5, 5.41) is 9.24. The van der Waals surface area contributed by atoms with Gasteiger partial charge in [0.05, 0.1) is 5.41 Å². The van der Waals surface area contributed by atoms with Gasteiger partial charge in [0, 0.05) is 17.6 Å². The van der Waals surface area contributed by atoms with Crippen LogP contribution in [-0.2, 0) is 14.8 Å². The number of carboxylic acids is 1. The van der Waals surface area contributed by atoms with Crippen LogP contribution in [0.5, 0.6) is 0 Å². The molecule has 0 bridgehead atoms. The van der Waals surface area contributed by atoms with Crippen LogP contribution in [0.25, 0.3) is 0 Å². The summed E-state index contributed by atoms with van der Waals surface area (Å²) in [5.41, 5.74) is -1.14. The lowest BCUT2D eigenvalue weighted by Crippen LogP contribution is -2.48. The molecule has 8 heteroatoms. The maximum Gasteiger partial charge on any atom is 0.310 e. The third-order valence-corrected chi connectivity index (χ3v) is 6.06. The fourth-order valence-corrected chi connectivity index (χ4v) is 4.38. The predicted molar refractivity (Wildman–Crippen MR) is 77.8 cm³/mol. The molecule has 0 spiro atoms. The quantitative estimate of drug-likeness (QED) is 0.874. The number of benzene rings is 1. The highest BCUT2D eigenvalue weighted by Crippen LogP contribution is 2.33. The van der Waals surface area contributed by atoms with E-state index >= 15 is 0 Å². The molecule has 5 nitrogen and oxygen atoms in total. The van der Waals surface area contributed by atoms with Gasteiger partial charge >= 0.3 is 5.97 Å². The normalized spacial score (nSPS) is 24.0. The second-order valence-corrected chi connectivity index (χ2v) is 8.20. The molecule has 0 aliphatic carbocycles. The molecule has 0 radical (unpaired) electrons. The molecular formula is C13H15BrFNO4S. The fraction of sp³-hybridized carbons (Fsp3) is 0.462. The molecular weight excluding hydrogens is 365 g/mol. The van der Waals surface area contributed by atoms with Gasteiger partial charge in [0.15, 0.2) is 0 Å². The Morgan fingerprint density at radius 1 is 1.48 bits per heavy atom. The Morgan fingerprint density at radius 2 is 2.14 bits per heavy atom. The molecule has 1 N–H and O–H groups in total. The maximum atomic E-state index is 13.9. The van der Waals surface area contributed by atoms with Gasteiger partial charge < -0.3 is 5.11 Å². The summed E-state index contributed by atoms with van der Waals surface area (Å²) in [6, 6.07) is 3.70. The van der Waals surface area contributed by atoms with Crippen molar-refractivity contribution < 1.29 is 22.7 Å². The van der Waals surface area contributed by atoms with E-state index < -0.39 is 32.1 Å². The number of hydrogen-bond donors (Lipinski definition) is 1. The molecule has 21 heavy (non-hydrogen) atoms. The molecule has 116 valence electrons. The second-order valence-electron chi connectivity index (χ2n) is 5.38. The van der Waals surface area contributed by atoms with E-state index in [9.17, 15) is 22.7 Å². The number of piperidine rings is 1. The molecule has 1 heterocycles. The standard InChI is InChI=1S/C13H15BrFNO4S/c1-13(12(17)18)5-2-6-16(8-13)21(19,20)11-4-3-9(14)7-10(11)15/h3-4,7H,2,5-6,8H2,1H3,(H,17,18). The number of rotatable bonds is 3. The van der Waals surface area contributed by atoms with Crippen molar-refractivity contribution in [3.05, 3.63) is 28.5 Å². The van der Waals surface area contributed by atoms with Gasteiger partial charge in [0.2, 0.25) is 10.0 Å². The number of sulfonamides is 1. The number of halogens is 2. The van der Waals surface area contributed by atoms with Gasteiger partial charge in [0.25, 0.3) is 0 Å². The Balaban J connectivity index is 2.37. The Labute approximate surface area is 130 Å². The predicted octanol–water partition coefficient (Wildman–Crippen LogP) is 2.46. The second kappa shape index (κ2) is 5.66. The minimum absolute atomic E-state index is 0.153. The molecule has 1 aromatic rings. The van der Waals surface area contributed by atoms with E-state index in [0.717, 1.165) is 10.4 Å². The van der Waals surface area contributed by atoms with Gasteiger partial charge in [-0.1, -0.05) is 15.9 Å². The molecule has 1 saturated heterocycles. The molecule has 1 unspecified atom stereocenters. The lowest BCUT2D eigenvalue weighted by atomic mass is 9.83.